The molecule has 0 radical (unpaired) electrons. The lowest BCUT2D eigenvalue weighted by molar-refractivity contribution is -0.159. The van der Waals surface area contributed by atoms with Gasteiger partial charge in [0.25, 0.3) is 0 Å². The van der Waals surface area contributed by atoms with E-state index in [1.54, 1.807) is 29.2 Å². The number of aromatic amines is 1. The molecule has 0 saturated carbocycles. The Labute approximate surface area is 205 Å². The fraction of sp³-hybridized carbons (Fsp3) is 0.185. The van der Waals surface area contributed by atoms with Crippen molar-refractivity contribution in [3.63, 3.8) is 0 Å². The van der Waals surface area contributed by atoms with Crippen molar-refractivity contribution in [3.8, 4) is 0 Å². The normalized spacial score (nSPS) is 19.4. The van der Waals surface area contributed by atoms with E-state index in [4.69, 9.17) is 0 Å². The van der Waals surface area contributed by atoms with Gasteiger partial charge in [0.15, 0.2) is 0 Å². The maximum absolute atomic E-state index is 13.7. The van der Waals surface area contributed by atoms with Crippen molar-refractivity contribution in [2.75, 3.05) is 11.8 Å². The molecule has 0 bridgehead atoms. The van der Waals surface area contributed by atoms with Gasteiger partial charge in [-0.3, -0.25) is 14.8 Å². The van der Waals surface area contributed by atoms with Crippen LogP contribution in [0.2, 0.25) is 0 Å². The van der Waals surface area contributed by atoms with Gasteiger partial charge < -0.3 is 25.2 Å². The first-order chi connectivity index (χ1) is 17.4. The van der Waals surface area contributed by atoms with Crippen molar-refractivity contribution < 1.29 is 19.2 Å². The number of halogens is 1. The molecule has 3 aromatic carbocycles. The van der Waals surface area contributed by atoms with E-state index < -0.39 is 12.1 Å². The van der Waals surface area contributed by atoms with Crippen LogP contribution in [0.4, 0.5) is 10.1 Å². The molecule has 0 spiro atoms. The molecular weight excluding hydrogens is 463 g/mol. The van der Waals surface area contributed by atoms with Crippen molar-refractivity contribution in [2.24, 2.45) is 0 Å². The van der Waals surface area contributed by atoms with E-state index >= 15 is 0 Å². The Kier molecular flexibility index (Phi) is 5.24. The number of nitrogens with zero attached hydrogens (tertiary/aromatic N) is 3. The van der Waals surface area contributed by atoms with Crippen LogP contribution in [0.15, 0.2) is 72.8 Å². The molecule has 2 atom stereocenters. The topological polar surface area (TPSA) is 103 Å². The summed E-state index contributed by atoms with van der Waals surface area (Å²) in [5.74, 6) is -0.789. The second kappa shape index (κ2) is 8.47. The summed E-state index contributed by atoms with van der Waals surface area (Å²) in [6, 6.07) is 18.7. The molecule has 6 rings (SSSR count). The summed E-state index contributed by atoms with van der Waals surface area (Å²) in [6.07, 6.45) is 0.341. The number of fused-ring (bicyclic) bond motifs is 4. The Hall–Kier alpha value is -4.21. The van der Waals surface area contributed by atoms with Gasteiger partial charge >= 0.3 is 0 Å². The molecule has 9 heteroatoms. The predicted molar refractivity (Wildman–Crippen MR) is 130 cm³/mol. The third-order valence-electron chi connectivity index (χ3n) is 7.04. The van der Waals surface area contributed by atoms with Gasteiger partial charge in [0, 0.05) is 29.6 Å². The van der Waals surface area contributed by atoms with Crippen LogP contribution in [0.1, 0.15) is 28.4 Å². The third kappa shape index (κ3) is 3.60. The number of rotatable bonds is 4. The summed E-state index contributed by atoms with van der Waals surface area (Å²) < 4.78 is 13.4. The smallest absolute Gasteiger partial charge is 0.246 e. The Bertz CT molecular complexity index is 1480. The monoisotopic (exact) mass is 485 g/mol. The second-order valence-electron chi connectivity index (χ2n) is 9.17. The summed E-state index contributed by atoms with van der Waals surface area (Å²) >= 11 is 0. The highest BCUT2D eigenvalue weighted by Gasteiger charge is 2.48. The van der Waals surface area contributed by atoms with Gasteiger partial charge in [0.05, 0.1) is 11.7 Å². The molecule has 1 unspecified atom stereocenters. The number of H-pyrrole nitrogens is 1. The number of amides is 2. The van der Waals surface area contributed by atoms with Crippen molar-refractivity contribution in [2.45, 2.75) is 25.0 Å². The van der Waals surface area contributed by atoms with Gasteiger partial charge in [-0.25, -0.2) is 4.39 Å². The zero-order chi connectivity index (χ0) is 25.0. The number of carbonyl (C=O) groups is 2. The highest BCUT2D eigenvalue weighted by atomic mass is 19.1. The van der Waals surface area contributed by atoms with Gasteiger partial charge in [-0.05, 0) is 47.0 Å². The lowest BCUT2D eigenvalue weighted by atomic mass is 9.86. The number of hydrogen-bond acceptors (Lipinski definition) is 5. The lowest BCUT2D eigenvalue weighted by Gasteiger charge is -2.47. The summed E-state index contributed by atoms with van der Waals surface area (Å²) in [6.45, 7) is 0.0812. The number of para-hydroxylation sites is 1. The van der Waals surface area contributed by atoms with Crippen LogP contribution in [-0.2, 0) is 22.6 Å². The van der Waals surface area contributed by atoms with Crippen LogP contribution < -0.4 is 5.23 Å². The summed E-state index contributed by atoms with van der Waals surface area (Å²) in [5.41, 5.74) is 3.98. The van der Waals surface area contributed by atoms with Crippen LogP contribution in [0.3, 0.4) is 0 Å². The molecule has 3 heterocycles. The zero-order valence-corrected chi connectivity index (χ0v) is 19.1. The minimum absolute atomic E-state index is 0.0287. The van der Waals surface area contributed by atoms with Crippen LogP contribution in [0.5, 0.6) is 0 Å². The van der Waals surface area contributed by atoms with Gasteiger partial charge in [-0.15, -0.1) is 0 Å². The number of hydrogen-bond donors (Lipinski definition) is 2. The Balaban J connectivity index is 1.45. The SMILES string of the molecule is O=C1[C@@H]2Cc3c([nH]c4ccccc34)C(c3cccc(N([O-])O)c3)N2C(=O)CN1Cc1ccc(F)cc1. The Morgan fingerprint density at radius 3 is 2.61 bits per heavy atom. The molecule has 2 N–H and O–H groups in total. The van der Waals surface area contributed by atoms with Gasteiger partial charge in [0.1, 0.15) is 18.4 Å². The zero-order valence-electron chi connectivity index (χ0n) is 19.1. The van der Waals surface area contributed by atoms with E-state index in [9.17, 15) is 24.4 Å². The second-order valence-corrected chi connectivity index (χ2v) is 9.17. The van der Waals surface area contributed by atoms with Crippen molar-refractivity contribution in [1.82, 2.24) is 14.8 Å². The first-order valence-corrected chi connectivity index (χ1v) is 11.6. The number of nitrogens with one attached hydrogen (secondary N) is 1. The first-order valence-electron chi connectivity index (χ1n) is 11.6. The summed E-state index contributed by atoms with van der Waals surface area (Å²) in [5, 5.41) is 21.8. The molecule has 2 amide bonds. The average Bonchev–Trinajstić information content (AvgIpc) is 3.25. The Morgan fingerprint density at radius 1 is 1.06 bits per heavy atom. The molecule has 36 heavy (non-hydrogen) atoms. The van der Waals surface area contributed by atoms with Crippen molar-refractivity contribution >= 4 is 28.4 Å². The molecule has 1 saturated heterocycles. The fourth-order valence-corrected chi connectivity index (χ4v) is 5.43. The quantitative estimate of drug-likeness (QED) is 0.427. The van der Waals surface area contributed by atoms with Gasteiger partial charge in [-0.1, -0.05) is 42.5 Å². The first kappa shape index (κ1) is 22.3. The van der Waals surface area contributed by atoms with Crippen molar-refractivity contribution in [3.05, 3.63) is 106 Å². The lowest BCUT2D eigenvalue weighted by Crippen LogP contribution is -2.62. The van der Waals surface area contributed by atoms with Gasteiger partial charge in [-0.2, -0.15) is 0 Å². The Morgan fingerprint density at radius 2 is 1.83 bits per heavy atom. The molecule has 0 aliphatic carbocycles. The number of carbonyl (C=O) groups excluding carboxylic acids is 2. The van der Waals surface area contributed by atoms with Crippen LogP contribution in [0, 0.1) is 11.0 Å². The molecule has 1 fully saturated rings. The molecule has 4 aromatic rings. The number of aromatic nitrogens is 1. The summed E-state index contributed by atoms with van der Waals surface area (Å²) in [4.78, 5) is 33.9. The minimum atomic E-state index is -0.746. The predicted octanol–water partition coefficient (Wildman–Crippen LogP) is 3.89. The van der Waals surface area contributed by atoms with E-state index in [0.29, 0.717) is 12.0 Å². The number of anilines is 1. The highest BCUT2D eigenvalue weighted by Crippen LogP contribution is 2.43. The summed E-state index contributed by atoms with van der Waals surface area (Å²) in [7, 11) is 0. The molecule has 2 aliphatic heterocycles. The molecular formula is C27H22FN4O4-. The standard InChI is InChI=1S/C27H22FN4O4/c28-18-10-8-16(9-11-18)14-30-15-24(33)31-23(27(30)34)13-21-20-6-1-2-7-22(20)29-25(21)26(31)17-4-3-5-19(12-17)32(35)36/h1-12,23,26,29,35H,13-15H2/q-1/t23-,26?/m0/s1. The third-order valence-corrected chi connectivity index (χ3v) is 7.04. The van der Waals surface area contributed by atoms with Crippen molar-refractivity contribution in [1.29, 1.82) is 0 Å². The molecule has 2 aliphatic rings. The largest absolute Gasteiger partial charge is 0.733 e. The van der Waals surface area contributed by atoms with Crippen LogP contribution in [-0.4, -0.2) is 44.4 Å². The highest BCUT2D eigenvalue weighted by molar-refractivity contribution is 5.97. The number of piperazine rings is 1. The molecule has 182 valence electrons. The van der Waals surface area contributed by atoms with Gasteiger partial charge in [0.2, 0.25) is 11.8 Å². The number of benzene rings is 3. The van der Waals surface area contributed by atoms with E-state index in [1.807, 2.05) is 24.3 Å². The molecule has 8 nitrogen and oxygen atoms in total. The van der Waals surface area contributed by atoms with E-state index in [2.05, 4.69) is 4.98 Å². The maximum atomic E-state index is 13.7. The minimum Gasteiger partial charge on any atom is -0.733 e. The van der Waals surface area contributed by atoms with E-state index in [0.717, 1.165) is 27.7 Å². The molecule has 1 aromatic heterocycles. The van der Waals surface area contributed by atoms with Crippen LogP contribution in [0.25, 0.3) is 10.9 Å². The fourth-order valence-electron chi connectivity index (χ4n) is 5.43. The maximum Gasteiger partial charge on any atom is 0.246 e. The van der Waals surface area contributed by atoms with Crippen LogP contribution >= 0.6 is 0 Å². The van der Waals surface area contributed by atoms with E-state index in [1.165, 1.54) is 29.2 Å². The van der Waals surface area contributed by atoms with E-state index in [-0.39, 0.29) is 41.6 Å². The average molecular weight is 485 g/mol.